The molecule has 0 bridgehead atoms. The lowest BCUT2D eigenvalue weighted by molar-refractivity contribution is 0.120. The number of hydrogen-bond donors (Lipinski definition) is 1. The van der Waals surface area contributed by atoms with Gasteiger partial charge < -0.3 is 5.11 Å². The van der Waals surface area contributed by atoms with Crippen molar-refractivity contribution in [1.82, 2.24) is 9.80 Å². The molecule has 3 nitrogen and oxygen atoms in total. The van der Waals surface area contributed by atoms with E-state index in [0.29, 0.717) is 0 Å². The first-order valence-corrected chi connectivity index (χ1v) is 9.14. The Bertz CT molecular complexity index is 671. The van der Waals surface area contributed by atoms with Crippen LogP contribution in [0.5, 0.6) is 0 Å². The van der Waals surface area contributed by atoms with Crippen molar-refractivity contribution in [2.75, 3.05) is 45.9 Å². The summed E-state index contributed by atoms with van der Waals surface area (Å²) < 4.78 is 0. The van der Waals surface area contributed by atoms with Crippen molar-refractivity contribution < 1.29 is 5.11 Å². The molecular formula is C22H28N2O. The summed E-state index contributed by atoms with van der Waals surface area (Å²) in [4.78, 5) is 4.81. The Morgan fingerprint density at radius 1 is 0.880 bits per heavy atom. The average molecular weight is 336 g/mol. The van der Waals surface area contributed by atoms with Crippen LogP contribution in [0, 0.1) is 0 Å². The van der Waals surface area contributed by atoms with Gasteiger partial charge in [0.1, 0.15) is 0 Å². The van der Waals surface area contributed by atoms with Crippen molar-refractivity contribution in [3.05, 3.63) is 66.2 Å². The van der Waals surface area contributed by atoms with E-state index >= 15 is 0 Å². The van der Waals surface area contributed by atoms with Crippen LogP contribution >= 0.6 is 0 Å². The van der Waals surface area contributed by atoms with Crippen molar-refractivity contribution >= 4 is 5.57 Å². The molecule has 2 aromatic carbocycles. The van der Waals surface area contributed by atoms with Gasteiger partial charge in [-0.15, -0.1) is 0 Å². The maximum absolute atomic E-state index is 9.01. The number of β-amino-alcohol motifs (C(OH)–C–C–N with tert-alkyl or cyclic N) is 1. The van der Waals surface area contributed by atoms with Gasteiger partial charge in [0.15, 0.2) is 0 Å². The molecule has 1 N–H and O–H groups in total. The number of benzene rings is 2. The van der Waals surface area contributed by atoms with Gasteiger partial charge in [-0.1, -0.05) is 60.7 Å². The molecule has 25 heavy (non-hydrogen) atoms. The number of allylic oxidation sites excluding steroid dienone is 1. The molecule has 0 atom stereocenters. The fourth-order valence-corrected chi connectivity index (χ4v) is 3.28. The molecule has 0 unspecified atom stereocenters. The van der Waals surface area contributed by atoms with E-state index in [-0.39, 0.29) is 6.61 Å². The normalized spacial score (nSPS) is 17.0. The number of nitrogens with zero attached hydrogens (tertiary/aromatic N) is 2. The van der Waals surface area contributed by atoms with Gasteiger partial charge in [0, 0.05) is 39.3 Å². The first-order valence-electron chi connectivity index (χ1n) is 9.14. The third kappa shape index (κ3) is 5.02. The van der Waals surface area contributed by atoms with Crippen LogP contribution in [-0.2, 0) is 0 Å². The largest absolute Gasteiger partial charge is 0.395 e. The smallest absolute Gasteiger partial charge is 0.0558 e. The average Bonchev–Trinajstić information content (AvgIpc) is 2.68. The SMILES string of the molecule is CC(=CCN1CCN(CCO)CC1)c1ccc(-c2ccccc2)cc1. The molecule has 1 fully saturated rings. The summed E-state index contributed by atoms with van der Waals surface area (Å²) >= 11 is 0. The summed E-state index contributed by atoms with van der Waals surface area (Å²) in [6.45, 7) is 8.53. The lowest BCUT2D eigenvalue weighted by Crippen LogP contribution is -2.47. The van der Waals surface area contributed by atoms with E-state index in [2.05, 4.69) is 71.3 Å². The van der Waals surface area contributed by atoms with Gasteiger partial charge in [0.05, 0.1) is 6.61 Å². The minimum Gasteiger partial charge on any atom is -0.395 e. The first-order chi connectivity index (χ1) is 12.3. The van der Waals surface area contributed by atoms with E-state index < -0.39 is 0 Å². The predicted molar refractivity (Wildman–Crippen MR) is 105 cm³/mol. The van der Waals surface area contributed by atoms with Crippen LogP contribution in [0.15, 0.2) is 60.7 Å². The molecule has 1 heterocycles. The number of aliphatic hydroxyl groups excluding tert-OH is 1. The van der Waals surface area contributed by atoms with E-state index in [4.69, 9.17) is 5.11 Å². The highest BCUT2D eigenvalue weighted by molar-refractivity contribution is 5.69. The van der Waals surface area contributed by atoms with Gasteiger partial charge in [-0.05, 0) is 29.2 Å². The Labute approximate surface area is 151 Å². The van der Waals surface area contributed by atoms with Crippen molar-refractivity contribution in [2.45, 2.75) is 6.92 Å². The zero-order chi connectivity index (χ0) is 17.5. The molecule has 132 valence electrons. The molecule has 3 heteroatoms. The first kappa shape index (κ1) is 17.9. The lowest BCUT2D eigenvalue weighted by atomic mass is 10.0. The summed E-state index contributed by atoms with van der Waals surface area (Å²) in [5, 5.41) is 9.01. The second kappa shape index (κ2) is 8.95. The Morgan fingerprint density at radius 2 is 1.48 bits per heavy atom. The Kier molecular flexibility index (Phi) is 6.40. The number of hydrogen-bond acceptors (Lipinski definition) is 3. The molecule has 3 rings (SSSR count). The van der Waals surface area contributed by atoms with Gasteiger partial charge in [-0.3, -0.25) is 9.80 Å². The van der Waals surface area contributed by atoms with Crippen LogP contribution in [0.3, 0.4) is 0 Å². The molecule has 1 saturated heterocycles. The highest BCUT2D eigenvalue weighted by atomic mass is 16.3. The fourth-order valence-electron chi connectivity index (χ4n) is 3.28. The van der Waals surface area contributed by atoms with Crippen LogP contribution in [0.1, 0.15) is 12.5 Å². The molecule has 0 radical (unpaired) electrons. The van der Waals surface area contributed by atoms with Gasteiger partial charge in [-0.2, -0.15) is 0 Å². The number of piperazine rings is 1. The van der Waals surface area contributed by atoms with E-state index in [9.17, 15) is 0 Å². The van der Waals surface area contributed by atoms with Crippen molar-refractivity contribution in [2.24, 2.45) is 0 Å². The quantitative estimate of drug-likeness (QED) is 0.876. The summed E-state index contributed by atoms with van der Waals surface area (Å²) in [6.07, 6.45) is 2.33. The van der Waals surface area contributed by atoms with E-state index in [1.54, 1.807) is 0 Å². The number of rotatable bonds is 6. The molecule has 0 spiro atoms. The third-order valence-electron chi connectivity index (χ3n) is 4.98. The second-order valence-corrected chi connectivity index (χ2v) is 6.70. The lowest BCUT2D eigenvalue weighted by Gasteiger charge is -2.33. The van der Waals surface area contributed by atoms with E-state index in [1.165, 1.54) is 22.3 Å². The molecule has 0 amide bonds. The summed E-state index contributed by atoms with van der Waals surface area (Å²) in [5.41, 5.74) is 5.14. The van der Waals surface area contributed by atoms with Crippen LogP contribution in [0.4, 0.5) is 0 Å². The molecule has 0 aromatic heterocycles. The molecule has 0 aliphatic carbocycles. The predicted octanol–water partition coefficient (Wildman–Crippen LogP) is 3.37. The molecule has 0 saturated carbocycles. The Balaban J connectivity index is 1.56. The van der Waals surface area contributed by atoms with Crippen molar-refractivity contribution in [1.29, 1.82) is 0 Å². The van der Waals surface area contributed by atoms with Gasteiger partial charge >= 0.3 is 0 Å². The topological polar surface area (TPSA) is 26.7 Å². The summed E-state index contributed by atoms with van der Waals surface area (Å²) in [7, 11) is 0. The van der Waals surface area contributed by atoms with E-state index in [1.807, 2.05) is 6.07 Å². The minimum absolute atomic E-state index is 0.262. The standard InChI is InChI=1S/C22H28N2O/c1-19(11-12-23-13-15-24(16-14-23)17-18-25)20-7-9-22(10-8-20)21-5-3-2-4-6-21/h2-11,25H,12-18H2,1H3. The Hall–Kier alpha value is -1.94. The highest BCUT2D eigenvalue weighted by Crippen LogP contribution is 2.22. The van der Waals surface area contributed by atoms with Crippen molar-refractivity contribution in [3.8, 4) is 11.1 Å². The van der Waals surface area contributed by atoms with Gasteiger partial charge in [-0.25, -0.2) is 0 Å². The zero-order valence-electron chi connectivity index (χ0n) is 15.1. The maximum Gasteiger partial charge on any atom is 0.0558 e. The second-order valence-electron chi connectivity index (χ2n) is 6.70. The van der Waals surface area contributed by atoms with Crippen LogP contribution in [0.2, 0.25) is 0 Å². The third-order valence-corrected chi connectivity index (χ3v) is 4.98. The minimum atomic E-state index is 0.262. The maximum atomic E-state index is 9.01. The summed E-state index contributed by atoms with van der Waals surface area (Å²) in [6, 6.07) is 19.3. The molecule has 1 aliphatic heterocycles. The van der Waals surface area contributed by atoms with E-state index in [0.717, 1.165) is 39.3 Å². The van der Waals surface area contributed by atoms with Crippen LogP contribution in [0.25, 0.3) is 16.7 Å². The number of aliphatic hydroxyl groups is 1. The summed E-state index contributed by atoms with van der Waals surface area (Å²) in [5.74, 6) is 0. The Morgan fingerprint density at radius 3 is 2.12 bits per heavy atom. The highest BCUT2D eigenvalue weighted by Gasteiger charge is 2.15. The zero-order valence-corrected chi connectivity index (χ0v) is 15.1. The monoisotopic (exact) mass is 336 g/mol. The van der Waals surface area contributed by atoms with Gasteiger partial charge in [0.25, 0.3) is 0 Å². The van der Waals surface area contributed by atoms with Gasteiger partial charge in [0.2, 0.25) is 0 Å². The molecule has 1 aliphatic rings. The molecular weight excluding hydrogens is 308 g/mol. The van der Waals surface area contributed by atoms with Crippen LogP contribution in [-0.4, -0.2) is 60.8 Å². The molecule has 2 aromatic rings. The fraction of sp³-hybridized carbons (Fsp3) is 0.364. The van der Waals surface area contributed by atoms with Crippen molar-refractivity contribution in [3.63, 3.8) is 0 Å². The van der Waals surface area contributed by atoms with Crippen LogP contribution < -0.4 is 0 Å².